The van der Waals surface area contributed by atoms with Gasteiger partial charge in [0.2, 0.25) is 0 Å². The zero-order valence-electron chi connectivity index (χ0n) is 13.9. The molecule has 2 saturated heterocycles. The quantitative estimate of drug-likeness (QED) is 0.870. The molecule has 23 heavy (non-hydrogen) atoms. The number of pyridine rings is 1. The van der Waals surface area contributed by atoms with Gasteiger partial charge in [0.25, 0.3) is 0 Å². The molecule has 0 bridgehead atoms. The summed E-state index contributed by atoms with van der Waals surface area (Å²) in [6.45, 7) is 6.60. The minimum Gasteiger partial charge on any atom is -0.378 e. The van der Waals surface area contributed by atoms with E-state index < -0.39 is 0 Å². The summed E-state index contributed by atoms with van der Waals surface area (Å²) >= 11 is 0. The van der Waals surface area contributed by atoms with E-state index in [1.807, 2.05) is 12.3 Å². The molecule has 2 aliphatic rings. The van der Waals surface area contributed by atoms with Crippen molar-refractivity contribution in [1.29, 1.82) is 0 Å². The van der Waals surface area contributed by atoms with Crippen LogP contribution in [0.3, 0.4) is 0 Å². The van der Waals surface area contributed by atoms with Gasteiger partial charge >= 0.3 is 0 Å². The first kappa shape index (κ1) is 15.1. The van der Waals surface area contributed by atoms with Crippen LogP contribution >= 0.6 is 0 Å². The van der Waals surface area contributed by atoms with Crippen molar-refractivity contribution in [3.8, 4) is 0 Å². The van der Waals surface area contributed by atoms with E-state index in [1.54, 1.807) is 0 Å². The summed E-state index contributed by atoms with van der Waals surface area (Å²) in [5.41, 5.74) is 2.07. The van der Waals surface area contributed by atoms with Gasteiger partial charge in [-0.3, -0.25) is 0 Å². The van der Waals surface area contributed by atoms with Crippen LogP contribution in [0.15, 0.2) is 18.3 Å². The summed E-state index contributed by atoms with van der Waals surface area (Å²) in [6.07, 6.45) is 7.94. The van der Waals surface area contributed by atoms with E-state index in [0.29, 0.717) is 12.1 Å². The van der Waals surface area contributed by atoms with E-state index in [0.717, 1.165) is 49.5 Å². The van der Waals surface area contributed by atoms with Crippen molar-refractivity contribution in [2.75, 3.05) is 26.2 Å². The number of likely N-dealkylation sites (tertiary alicyclic amines) is 1. The molecule has 4 rings (SSSR count). The molecule has 0 aromatic carbocycles. The molecule has 124 valence electrons. The lowest BCUT2D eigenvalue weighted by atomic mass is 10.0. The second-order valence-corrected chi connectivity index (χ2v) is 6.77. The fourth-order valence-electron chi connectivity index (χ4n) is 4.04. The van der Waals surface area contributed by atoms with Crippen LogP contribution in [0, 0.1) is 0 Å². The number of likely N-dealkylation sites (N-methyl/N-ethyl adjacent to an activating group) is 1. The summed E-state index contributed by atoms with van der Waals surface area (Å²) in [6, 6.07) is 4.55. The largest absolute Gasteiger partial charge is 0.378 e. The number of hydrogen-bond donors (Lipinski definition) is 0. The number of aromatic nitrogens is 3. The van der Waals surface area contributed by atoms with Gasteiger partial charge in [0.05, 0.1) is 6.10 Å². The Kier molecular flexibility index (Phi) is 4.31. The topological polar surface area (TPSA) is 43.2 Å². The molecule has 2 fully saturated rings. The van der Waals surface area contributed by atoms with Gasteiger partial charge in [0.1, 0.15) is 11.3 Å². The Labute approximate surface area is 137 Å². The summed E-state index contributed by atoms with van der Waals surface area (Å²) in [5.74, 6) is 1.16. The third-order valence-electron chi connectivity index (χ3n) is 5.25. The smallest absolute Gasteiger partial charge is 0.160 e. The Balaban J connectivity index is 1.69. The standard InChI is InChI=1S/C18H26N4O/c1-2-21-10-4-6-14(13-21)22-17(12-15-7-5-11-23-15)20-16-8-3-9-19-18(16)22/h3,8-9,14-15H,2,4-7,10-13H2,1H3. The maximum Gasteiger partial charge on any atom is 0.160 e. The van der Waals surface area contributed by atoms with Crippen LogP contribution < -0.4 is 0 Å². The lowest BCUT2D eigenvalue weighted by molar-refractivity contribution is 0.107. The summed E-state index contributed by atoms with van der Waals surface area (Å²) in [7, 11) is 0. The number of rotatable bonds is 4. The van der Waals surface area contributed by atoms with E-state index >= 15 is 0 Å². The number of ether oxygens (including phenoxy) is 1. The molecule has 2 unspecified atom stereocenters. The van der Waals surface area contributed by atoms with Crippen molar-refractivity contribution in [1.82, 2.24) is 19.4 Å². The molecule has 0 N–H and O–H groups in total. The third kappa shape index (κ3) is 3.00. The van der Waals surface area contributed by atoms with Crippen molar-refractivity contribution < 1.29 is 4.74 Å². The zero-order valence-corrected chi connectivity index (χ0v) is 13.9. The number of imidazole rings is 1. The molecule has 2 atom stereocenters. The van der Waals surface area contributed by atoms with Crippen LogP contribution in [0.25, 0.3) is 11.2 Å². The van der Waals surface area contributed by atoms with Crippen molar-refractivity contribution in [2.24, 2.45) is 0 Å². The molecule has 5 heteroatoms. The highest BCUT2D eigenvalue weighted by molar-refractivity contribution is 5.71. The van der Waals surface area contributed by atoms with E-state index in [2.05, 4.69) is 27.4 Å². The second-order valence-electron chi connectivity index (χ2n) is 6.77. The molecular formula is C18H26N4O. The van der Waals surface area contributed by atoms with Crippen molar-refractivity contribution >= 4 is 11.2 Å². The average molecular weight is 314 g/mol. The lowest BCUT2D eigenvalue weighted by Gasteiger charge is -2.33. The first-order valence-corrected chi connectivity index (χ1v) is 9.01. The van der Waals surface area contributed by atoms with Crippen LogP contribution in [0.4, 0.5) is 0 Å². The van der Waals surface area contributed by atoms with Gasteiger partial charge < -0.3 is 14.2 Å². The van der Waals surface area contributed by atoms with E-state index in [-0.39, 0.29) is 0 Å². The van der Waals surface area contributed by atoms with Gasteiger partial charge in [-0.2, -0.15) is 0 Å². The van der Waals surface area contributed by atoms with Gasteiger partial charge in [0, 0.05) is 31.8 Å². The van der Waals surface area contributed by atoms with Gasteiger partial charge in [0.15, 0.2) is 5.65 Å². The van der Waals surface area contributed by atoms with Gasteiger partial charge in [-0.1, -0.05) is 6.92 Å². The molecule has 2 aromatic rings. The first-order valence-electron chi connectivity index (χ1n) is 9.01. The Morgan fingerprint density at radius 1 is 1.30 bits per heavy atom. The molecular weight excluding hydrogens is 288 g/mol. The zero-order chi connectivity index (χ0) is 15.6. The molecule has 0 radical (unpaired) electrons. The minimum absolute atomic E-state index is 0.330. The molecule has 0 aliphatic carbocycles. The Bertz CT molecular complexity index is 662. The van der Waals surface area contributed by atoms with Crippen molar-refractivity contribution in [3.63, 3.8) is 0 Å². The van der Waals surface area contributed by atoms with E-state index in [4.69, 9.17) is 9.72 Å². The summed E-state index contributed by atoms with van der Waals surface area (Å²) in [4.78, 5) is 12.1. The normalized spacial score (nSPS) is 26.1. The van der Waals surface area contributed by atoms with Gasteiger partial charge in [-0.15, -0.1) is 0 Å². The molecule has 2 aliphatic heterocycles. The number of piperidine rings is 1. The first-order chi connectivity index (χ1) is 11.3. The fourth-order valence-corrected chi connectivity index (χ4v) is 4.04. The van der Waals surface area contributed by atoms with Crippen molar-refractivity contribution in [2.45, 2.75) is 51.2 Å². The number of hydrogen-bond acceptors (Lipinski definition) is 4. The highest BCUT2D eigenvalue weighted by atomic mass is 16.5. The van der Waals surface area contributed by atoms with Crippen LogP contribution in [0.5, 0.6) is 0 Å². The molecule has 4 heterocycles. The SMILES string of the molecule is CCN1CCCC(n2c(CC3CCCO3)nc3cccnc32)C1. The molecule has 0 saturated carbocycles. The predicted molar refractivity (Wildman–Crippen MR) is 90.6 cm³/mol. The lowest BCUT2D eigenvalue weighted by Crippen LogP contribution is -2.37. The van der Waals surface area contributed by atoms with Crippen molar-refractivity contribution in [3.05, 3.63) is 24.2 Å². The average Bonchev–Trinajstić information content (AvgIpc) is 3.22. The Hall–Kier alpha value is -1.46. The van der Waals surface area contributed by atoms with E-state index in [9.17, 15) is 0 Å². The number of fused-ring (bicyclic) bond motifs is 1. The highest BCUT2D eigenvalue weighted by Crippen LogP contribution is 2.28. The maximum atomic E-state index is 5.85. The summed E-state index contributed by atoms with van der Waals surface area (Å²) < 4.78 is 8.27. The molecule has 2 aromatic heterocycles. The van der Waals surface area contributed by atoms with Crippen LogP contribution in [-0.4, -0.2) is 51.8 Å². The van der Waals surface area contributed by atoms with Crippen LogP contribution in [-0.2, 0) is 11.2 Å². The summed E-state index contributed by atoms with van der Waals surface area (Å²) in [5, 5.41) is 0. The van der Waals surface area contributed by atoms with Crippen LogP contribution in [0.2, 0.25) is 0 Å². The van der Waals surface area contributed by atoms with Gasteiger partial charge in [-0.05, 0) is 50.9 Å². The predicted octanol–water partition coefficient (Wildman–Crippen LogP) is 2.81. The minimum atomic E-state index is 0.330. The fraction of sp³-hybridized carbons (Fsp3) is 0.667. The van der Waals surface area contributed by atoms with Gasteiger partial charge in [-0.25, -0.2) is 9.97 Å². The maximum absolute atomic E-state index is 5.85. The Morgan fingerprint density at radius 2 is 2.26 bits per heavy atom. The highest BCUT2D eigenvalue weighted by Gasteiger charge is 2.27. The molecule has 5 nitrogen and oxygen atoms in total. The molecule has 0 amide bonds. The monoisotopic (exact) mass is 314 g/mol. The number of nitrogens with zero attached hydrogens (tertiary/aromatic N) is 4. The molecule has 0 spiro atoms. The second kappa shape index (κ2) is 6.57. The third-order valence-corrected chi connectivity index (χ3v) is 5.25. The van der Waals surface area contributed by atoms with Crippen LogP contribution in [0.1, 0.15) is 44.5 Å². The Morgan fingerprint density at radius 3 is 3.09 bits per heavy atom. The van der Waals surface area contributed by atoms with E-state index in [1.165, 1.54) is 25.8 Å².